The van der Waals surface area contributed by atoms with Crippen molar-refractivity contribution in [3.05, 3.63) is 15.3 Å². The molecule has 0 rings (SSSR count). The van der Waals surface area contributed by atoms with E-state index >= 15 is 0 Å². The topological polar surface area (TPSA) is 66.2 Å². The summed E-state index contributed by atoms with van der Waals surface area (Å²) in [4.78, 5) is 8.25. The Morgan fingerprint density at radius 3 is 1.17 bits per heavy atom. The molecule has 4 nitrogen and oxygen atoms in total. The Bertz CT molecular complexity index is 31.8. The van der Waals surface area contributed by atoms with E-state index in [9.17, 15) is 0 Å². The average Bonchev–Trinajstić information content (AvgIpc) is 0.811. The van der Waals surface area contributed by atoms with Crippen molar-refractivity contribution in [1.82, 2.24) is 0 Å². The van der Waals surface area contributed by atoms with Crippen LogP contribution in [0.25, 0.3) is 0 Å². The molecule has 0 saturated carbocycles. The van der Waals surface area contributed by atoms with Gasteiger partial charge in [-0.15, -0.1) is 24.8 Å². The summed E-state index contributed by atoms with van der Waals surface area (Å²) in [5.41, 5.74) is 0. The highest BCUT2D eigenvalue weighted by molar-refractivity contribution is 5.85. The fourth-order valence-corrected chi connectivity index (χ4v) is 0. The van der Waals surface area contributed by atoms with Crippen LogP contribution in [0.3, 0.4) is 0 Å². The molecule has 0 aliphatic rings. The van der Waals surface area contributed by atoms with Crippen LogP contribution < -0.4 is 0 Å². The minimum Gasteiger partial charge on any atom is -0.356 e. The third-order valence-corrected chi connectivity index (χ3v) is 0. The first-order valence-corrected chi connectivity index (χ1v) is 0.548. The van der Waals surface area contributed by atoms with Crippen molar-refractivity contribution in [3.8, 4) is 0 Å². The highest BCUT2D eigenvalue weighted by Crippen LogP contribution is 1.44. The van der Waals surface area contributed by atoms with Gasteiger partial charge in [0.15, 0.2) is 0 Å². The number of nitrogens with zero attached hydrogens (tertiary/aromatic N) is 1. The second-order valence-corrected chi connectivity index (χ2v) is 0.224. The third-order valence-electron chi connectivity index (χ3n) is 0. The highest BCUT2D eigenvalue weighted by atomic mass is 35.5. The van der Waals surface area contributed by atoms with E-state index in [0.717, 1.165) is 0 Å². The van der Waals surface area contributed by atoms with Gasteiger partial charge in [0.05, 0.1) is 5.09 Å². The van der Waals surface area contributed by atoms with Crippen LogP contribution in [0.15, 0.2) is 0 Å². The van der Waals surface area contributed by atoms with Gasteiger partial charge in [-0.05, 0) is 0 Å². The Hall–Kier alpha value is -0.220. The van der Waals surface area contributed by atoms with E-state index in [2.05, 4.69) is 0 Å². The molecule has 0 fully saturated rings. The maximum absolute atomic E-state index is 8.25. The zero-order valence-electron chi connectivity index (χ0n) is 2.49. The molecule has 0 saturated heterocycles. The molecule has 0 aromatic carbocycles. The summed E-state index contributed by atoms with van der Waals surface area (Å²) >= 11 is 0. The van der Waals surface area contributed by atoms with Crippen LogP contribution in [-0.2, 0) is 0 Å². The van der Waals surface area contributed by atoms with E-state index < -0.39 is 5.09 Å². The number of halogens is 2. The molecule has 0 amide bonds. The first-order chi connectivity index (χ1) is 1.73. The quantitative estimate of drug-likeness (QED) is 0.360. The second kappa shape index (κ2) is 8.84. The van der Waals surface area contributed by atoms with Gasteiger partial charge in [0.1, 0.15) is 0 Å². The fraction of sp³-hybridized carbons (Fsp3) is 0. The maximum Gasteiger partial charge on any atom is 0.0689 e. The molecule has 0 atom stereocenters. The lowest BCUT2D eigenvalue weighted by molar-refractivity contribution is -0.402. The summed E-state index contributed by atoms with van der Waals surface area (Å²) in [6.07, 6.45) is 0. The smallest absolute Gasteiger partial charge is 0.0689 e. The van der Waals surface area contributed by atoms with Crippen LogP contribution in [0, 0.1) is 15.3 Å². The summed E-state index contributed by atoms with van der Waals surface area (Å²) < 4.78 is 0. The molecule has 6 heteroatoms. The first-order valence-electron chi connectivity index (χ1n) is 0.548. The van der Waals surface area contributed by atoms with Crippen molar-refractivity contribution < 1.29 is 5.09 Å². The van der Waals surface area contributed by atoms with Crippen LogP contribution in [0.5, 0.6) is 0 Å². The largest absolute Gasteiger partial charge is 0.356 e. The Balaban J connectivity index is -0.0000000450. The van der Waals surface area contributed by atoms with E-state index in [4.69, 9.17) is 15.3 Å². The molecule has 0 heterocycles. The zero-order chi connectivity index (χ0) is 3.58. The van der Waals surface area contributed by atoms with Gasteiger partial charge in [-0.1, -0.05) is 0 Å². The Morgan fingerprint density at radius 2 is 1.17 bits per heavy atom. The standard InChI is InChI=1S/2ClH.NO3/c;;2-1(3)4/h2*1H;/q;;-1. The Kier molecular flexibility index (Phi) is 25.2. The van der Waals surface area contributed by atoms with E-state index in [1.165, 1.54) is 0 Å². The molecule has 0 radical (unpaired) electrons. The minimum absolute atomic E-state index is 0. The molecule has 0 spiro atoms. The predicted molar refractivity (Wildman–Crippen MR) is 24.9 cm³/mol. The lowest BCUT2D eigenvalue weighted by Gasteiger charge is -1.74. The number of hydrogen-bond donors (Lipinski definition) is 0. The number of hydrogen-bond acceptors (Lipinski definition) is 3. The third kappa shape index (κ3) is 604. The molecule has 0 aliphatic carbocycles. The lowest BCUT2D eigenvalue weighted by Crippen LogP contribution is -1.74. The van der Waals surface area contributed by atoms with Crippen molar-refractivity contribution in [2.75, 3.05) is 0 Å². The molecular weight excluding hydrogens is 133 g/mol. The molecule has 0 aromatic heterocycles. The van der Waals surface area contributed by atoms with Gasteiger partial charge in [0.25, 0.3) is 0 Å². The Morgan fingerprint density at radius 1 is 1.17 bits per heavy atom. The van der Waals surface area contributed by atoms with E-state index in [1.54, 1.807) is 0 Å². The van der Waals surface area contributed by atoms with E-state index in [0.29, 0.717) is 0 Å². The SMILES string of the molecule is Cl.Cl.O=[N+]([O-])[O-]. The summed E-state index contributed by atoms with van der Waals surface area (Å²) in [5.74, 6) is 0. The van der Waals surface area contributed by atoms with Crippen LogP contribution in [-0.4, -0.2) is 5.09 Å². The van der Waals surface area contributed by atoms with Crippen molar-refractivity contribution in [1.29, 1.82) is 0 Å². The van der Waals surface area contributed by atoms with Gasteiger partial charge >= 0.3 is 0 Å². The van der Waals surface area contributed by atoms with Gasteiger partial charge in [0.2, 0.25) is 0 Å². The van der Waals surface area contributed by atoms with Crippen molar-refractivity contribution in [2.45, 2.75) is 0 Å². The predicted octanol–water partition coefficient (Wildman–Crippen LogP) is 0.605. The van der Waals surface area contributed by atoms with Crippen LogP contribution in [0.2, 0.25) is 0 Å². The molecule has 0 unspecified atom stereocenters. The van der Waals surface area contributed by atoms with E-state index in [-0.39, 0.29) is 24.8 Å². The van der Waals surface area contributed by atoms with Gasteiger partial charge in [-0.2, -0.15) is 0 Å². The zero-order valence-corrected chi connectivity index (χ0v) is 4.12. The summed E-state index contributed by atoms with van der Waals surface area (Å²) in [6.45, 7) is 0. The van der Waals surface area contributed by atoms with Gasteiger partial charge < -0.3 is 15.3 Å². The van der Waals surface area contributed by atoms with Gasteiger partial charge in [-0.25, -0.2) is 0 Å². The Labute approximate surface area is 46.1 Å². The van der Waals surface area contributed by atoms with Crippen molar-refractivity contribution in [3.63, 3.8) is 0 Å². The van der Waals surface area contributed by atoms with Crippen molar-refractivity contribution >= 4 is 24.8 Å². The molecule has 6 heavy (non-hydrogen) atoms. The second-order valence-electron chi connectivity index (χ2n) is 0.224. The van der Waals surface area contributed by atoms with Gasteiger partial charge in [0, 0.05) is 0 Å². The molecule has 0 aliphatic heterocycles. The molecule has 0 aromatic rings. The first kappa shape index (κ1) is 17.1. The molecular formula is H2Cl2NO3-. The van der Waals surface area contributed by atoms with E-state index in [1.807, 2.05) is 0 Å². The van der Waals surface area contributed by atoms with Crippen LogP contribution in [0.1, 0.15) is 0 Å². The fourth-order valence-electron chi connectivity index (χ4n) is 0. The van der Waals surface area contributed by atoms with Crippen LogP contribution in [0.4, 0.5) is 0 Å². The molecule has 40 valence electrons. The maximum atomic E-state index is 8.25. The summed E-state index contributed by atoms with van der Waals surface area (Å²) in [5, 5.41) is 14.8. The summed E-state index contributed by atoms with van der Waals surface area (Å²) in [7, 11) is 0. The molecule has 0 N–H and O–H groups in total. The normalized spacial score (nSPS) is 4.00. The summed E-state index contributed by atoms with van der Waals surface area (Å²) in [6, 6.07) is 0. The van der Waals surface area contributed by atoms with Crippen LogP contribution >= 0.6 is 24.8 Å². The van der Waals surface area contributed by atoms with Gasteiger partial charge in [-0.3, -0.25) is 0 Å². The highest BCUT2D eigenvalue weighted by Gasteiger charge is 1.45. The lowest BCUT2D eigenvalue weighted by atomic mass is 13.1. The van der Waals surface area contributed by atoms with Crippen molar-refractivity contribution in [2.24, 2.45) is 0 Å². The molecule has 0 bridgehead atoms. The number of rotatable bonds is 0. The monoisotopic (exact) mass is 134 g/mol. The average molecular weight is 135 g/mol. The minimum atomic E-state index is -1.75.